The quantitative estimate of drug-likeness (QED) is 0.908. The molecule has 1 fully saturated rings. The predicted octanol–water partition coefficient (Wildman–Crippen LogP) is 1.52. The van der Waals surface area contributed by atoms with Crippen LogP contribution in [-0.2, 0) is 7.05 Å². The smallest absolute Gasteiger partial charge is 0.273 e. The number of benzene rings is 1. The second-order valence-corrected chi connectivity index (χ2v) is 5.80. The van der Waals surface area contributed by atoms with Gasteiger partial charge in [0.05, 0.1) is 12.2 Å². The first-order valence-corrected chi connectivity index (χ1v) is 7.77. The molecule has 1 amide bonds. The van der Waals surface area contributed by atoms with Crippen LogP contribution in [0.15, 0.2) is 30.5 Å². The van der Waals surface area contributed by atoms with Gasteiger partial charge >= 0.3 is 0 Å². The van der Waals surface area contributed by atoms with Gasteiger partial charge in [-0.15, -0.1) is 5.10 Å². The lowest BCUT2D eigenvalue weighted by Crippen LogP contribution is -2.37. The number of halogens is 1. The number of nitrogens with zero attached hydrogens (tertiary/aromatic N) is 4. The molecule has 1 unspecified atom stereocenters. The molecule has 1 saturated heterocycles. The molecule has 1 N–H and O–H groups in total. The van der Waals surface area contributed by atoms with Crippen LogP contribution in [0.4, 0.5) is 4.39 Å². The van der Waals surface area contributed by atoms with Crippen molar-refractivity contribution in [2.24, 2.45) is 7.05 Å². The number of carbonyl (C=O) groups is 1. The van der Waals surface area contributed by atoms with E-state index in [0.29, 0.717) is 12.2 Å². The van der Waals surface area contributed by atoms with Crippen molar-refractivity contribution in [1.82, 2.24) is 25.2 Å². The van der Waals surface area contributed by atoms with Gasteiger partial charge in [0.15, 0.2) is 5.69 Å². The maximum Gasteiger partial charge on any atom is 0.273 e. The van der Waals surface area contributed by atoms with Gasteiger partial charge < -0.3 is 5.32 Å². The standard InChI is InChI=1S/C16H20FN5O/c1-21-11-14(19-20-21)16(23)18-10-15(22-8-2-3-9-22)12-4-6-13(17)7-5-12/h4-7,11,15H,2-3,8-10H2,1H3,(H,18,23). The monoisotopic (exact) mass is 317 g/mol. The maximum atomic E-state index is 13.2. The number of hydrogen-bond acceptors (Lipinski definition) is 4. The molecule has 122 valence electrons. The van der Waals surface area contributed by atoms with Crippen LogP contribution in [0, 0.1) is 5.82 Å². The van der Waals surface area contributed by atoms with E-state index in [0.717, 1.165) is 31.5 Å². The van der Waals surface area contributed by atoms with E-state index >= 15 is 0 Å². The summed E-state index contributed by atoms with van der Waals surface area (Å²) in [5, 5.41) is 10.5. The van der Waals surface area contributed by atoms with Gasteiger partial charge in [0.25, 0.3) is 5.91 Å². The maximum absolute atomic E-state index is 13.2. The molecule has 1 aliphatic rings. The highest BCUT2D eigenvalue weighted by molar-refractivity contribution is 5.91. The first kappa shape index (κ1) is 15.6. The van der Waals surface area contributed by atoms with Gasteiger partial charge in [-0.2, -0.15) is 0 Å². The van der Waals surface area contributed by atoms with Crippen molar-refractivity contribution in [3.05, 3.63) is 47.5 Å². The molecule has 0 saturated carbocycles. The molecule has 0 bridgehead atoms. The van der Waals surface area contributed by atoms with Crippen LogP contribution in [0.3, 0.4) is 0 Å². The van der Waals surface area contributed by atoms with Gasteiger partial charge in [-0.05, 0) is 43.6 Å². The van der Waals surface area contributed by atoms with Gasteiger partial charge in [-0.3, -0.25) is 14.4 Å². The van der Waals surface area contributed by atoms with Gasteiger partial charge in [0.2, 0.25) is 0 Å². The van der Waals surface area contributed by atoms with Gasteiger partial charge in [-0.1, -0.05) is 17.3 Å². The molecule has 6 nitrogen and oxygen atoms in total. The van der Waals surface area contributed by atoms with Crippen LogP contribution in [-0.4, -0.2) is 45.4 Å². The van der Waals surface area contributed by atoms with E-state index in [-0.39, 0.29) is 17.8 Å². The fourth-order valence-electron chi connectivity index (χ4n) is 2.93. The SMILES string of the molecule is Cn1cc(C(=O)NCC(c2ccc(F)cc2)N2CCCC2)nn1. The Kier molecular flexibility index (Phi) is 4.66. The van der Waals surface area contributed by atoms with Crippen LogP contribution in [0.1, 0.15) is 34.9 Å². The van der Waals surface area contributed by atoms with Crippen LogP contribution < -0.4 is 5.32 Å². The summed E-state index contributed by atoms with van der Waals surface area (Å²) < 4.78 is 14.7. The van der Waals surface area contributed by atoms with E-state index in [1.54, 1.807) is 25.4 Å². The summed E-state index contributed by atoms with van der Waals surface area (Å²) >= 11 is 0. The number of carbonyl (C=O) groups excluding carboxylic acids is 1. The predicted molar refractivity (Wildman–Crippen MR) is 83.3 cm³/mol. The first-order valence-electron chi connectivity index (χ1n) is 7.77. The largest absolute Gasteiger partial charge is 0.349 e. The Hall–Kier alpha value is -2.28. The van der Waals surface area contributed by atoms with Gasteiger partial charge in [0, 0.05) is 13.6 Å². The first-order chi connectivity index (χ1) is 11.1. The lowest BCUT2D eigenvalue weighted by molar-refractivity contribution is 0.0933. The van der Waals surface area contributed by atoms with Crippen molar-refractivity contribution in [2.45, 2.75) is 18.9 Å². The molecule has 0 radical (unpaired) electrons. The summed E-state index contributed by atoms with van der Waals surface area (Å²) in [5.41, 5.74) is 1.31. The van der Waals surface area contributed by atoms with E-state index in [1.165, 1.54) is 16.8 Å². The zero-order valence-electron chi connectivity index (χ0n) is 13.1. The van der Waals surface area contributed by atoms with Crippen LogP contribution in [0.2, 0.25) is 0 Å². The number of nitrogens with one attached hydrogen (secondary N) is 1. The molecular weight excluding hydrogens is 297 g/mol. The molecule has 7 heteroatoms. The Balaban J connectivity index is 1.71. The molecule has 23 heavy (non-hydrogen) atoms. The molecule has 1 aromatic heterocycles. The Morgan fingerprint density at radius 3 is 2.61 bits per heavy atom. The molecule has 2 heterocycles. The van der Waals surface area contributed by atoms with E-state index in [2.05, 4.69) is 20.5 Å². The molecule has 3 rings (SSSR count). The fourth-order valence-corrected chi connectivity index (χ4v) is 2.93. The number of aromatic nitrogens is 3. The summed E-state index contributed by atoms with van der Waals surface area (Å²) in [6, 6.07) is 6.53. The second kappa shape index (κ2) is 6.87. The molecule has 1 aliphatic heterocycles. The van der Waals surface area contributed by atoms with Crippen LogP contribution in [0.25, 0.3) is 0 Å². The molecule has 0 aliphatic carbocycles. The van der Waals surface area contributed by atoms with Crippen molar-refractivity contribution in [3.63, 3.8) is 0 Å². The van der Waals surface area contributed by atoms with Crippen molar-refractivity contribution < 1.29 is 9.18 Å². The summed E-state index contributed by atoms with van der Waals surface area (Å²) in [5.74, 6) is -0.498. The lowest BCUT2D eigenvalue weighted by atomic mass is 10.1. The van der Waals surface area contributed by atoms with E-state index in [4.69, 9.17) is 0 Å². The number of amides is 1. The molecule has 1 atom stereocenters. The van der Waals surface area contributed by atoms with E-state index < -0.39 is 0 Å². The minimum atomic E-state index is -0.252. The summed E-state index contributed by atoms with van der Waals surface area (Å²) in [7, 11) is 1.72. The van der Waals surface area contributed by atoms with Gasteiger partial charge in [0.1, 0.15) is 5.82 Å². The second-order valence-electron chi connectivity index (χ2n) is 5.80. The summed E-state index contributed by atoms with van der Waals surface area (Å²) in [6.45, 7) is 2.44. The Morgan fingerprint density at radius 2 is 2.00 bits per heavy atom. The Labute approximate surface area is 134 Å². The zero-order valence-corrected chi connectivity index (χ0v) is 13.1. The van der Waals surface area contributed by atoms with E-state index in [1.807, 2.05) is 0 Å². The zero-order chi connectivity index (χ0) is 16.2. The lowest BCUT2D eigenvalue weighted by Gasteiger charge is -2.28. The van der Waals surface area contributed by atoms with Crippen LogP contribution >= 0.6 is 0 Å². The van der Waals surface area contributed by atoms with Crippen molar-refractivity contribution in [2.75, 3.05) is 19.6 Å². The number of aryl methyl sites for hydroxylation is 1. The van der Waals surface area contributed by atoms with Crippen LogP contribution in [0.5, 0.6) is 0 Å². The molecule has 2 aromatic rings. The minimum Gasteiger partial charge on any atom is -0.349 e. The fraction of sp³-hybridized carbons (Fsp3) is 0.438. The number of likely N-dealkylation sites (tertiary alicyclic amines) is 1. The molecular formula is C16H20FN5O. The third-order valence-electron chi connectivity index (χ3n) is 4.13. The molecule has 1 aromatic carbocycles. The minimum absolute atomic E-state index is 0.0405. The number of rotatable bonds is 5. The van der Waals surface area contributed by atoms with Crippen molar-refractivity contribution in [1.29, 1.82) is 0 Å². The Bertz CT molecular complexity index is 663. The third-order valence-corrected chi connectivity index (χ3v) is 4.13. The summed E-state index contributed by atoms with van der Waals surface area (Å²) in [6.07, 6.45) is 3.88. The highest BCUT2D eigenvalue weighted by Gasteiger charge is 2.24. The molecule has 0 spiro atoms. The average Bonchev–Trinajstić information content (AvgIpc) is 3.21. The highest BCUT2D eigenvalue weighted by Crippen LogP contribution is 2.24. The topological polar surface area (TPSA) is 63.1 Å². The number of hydrogen-bond donors (Lipinski definition) is 1. The van der Waals surface area contributed by atoms with Gasteiger partial charge in [-0.25, -0.2) is 4.39 Å². The van der Waals surface area contributed by atoms with Crippen molar-refractivity contribution >= 4 is 5.91 Å². The van der Waals surface area contributed by atoms with Crippen molar-refractivity contribution in [3.8, 4) is 0 Å². The third kappa shape index (κ3) is 3.73. The van der Waals surface area contributed by atoms with E-state index in [9.17, 15) is 9.18 Å². The normalized spacial score (nSPS) is 16.4. The average molecular weight is 317 g/mol. The summed E-state index contributed by atoms with van der Waals surface area (Å²) in [4.78, 5) is 14.5. The Morgan fingerprint density at radius 1 is 1.30 bits per heavy atom. The highest BCUT2D eigenvalue weighted by atomic mass is 19.1.